The lowest BCUT2D eigenvalue weighted by Gasteiger charge is -2.33. The van der Waals surface area contributed by atoms with E-state index in [1.54, 1.807) is 7.11 Å². The summed E-state index contributed by atoms with van der Waals surface area (Å²) in [5.74, 6) is 2.04. The summed E-state index contributed by atoms with van der Waals surface area (Å²) < 4.78 is 11.4. The number of piperazine rings is 1. The monoisotopic (exact) mass is 379 g/mol. The summed E-state index contributed by atoms with van der Waals surface area (Å²) in [7, 11) is 5.91. The first-order valence-corrected chi connectivity index (χ1v) is 9.94. The molecule has 2 rings (SSSR count). The maximum absolute atomic E-state index is 10.4. The Morgan fingerprint density at radius 1 is 1.15 bits per heavy atom. The minimum Gasteiger partial charge on any atom is -0.493 e. The van der Waals surface area contributed by atoms with Gasteiger partial charge in [-0.2, -0.15) is 0 Å². The van der Waals surface area contributed by atoms with Gasteiger partial charge in [-0.3, -0.25) is 4.90 Å². The Labute approximate surface area is 164 Å². The van der Waals surface area contributed by atoms with E-state index in [2.05, 4.69) is 48.7 Å². The van der Waals surface area contributed by atoms with Crippen LogP contribution in [0.25, 0.3) is 0 Å². The largest absolute Gasteiger partial charge is 0.493 e. The van der Waals surface area contributed by atoms with Crippen LogP contribution < -0.4 is 9.47 Å². The summed E-state index contributed by atoms with van der Waals surface area (Å²) in [6.07, 6.45) is -0.509. The van der Waals surface area contributed by atoms with Crippen LogP contribution in [0.5, 0.6) is 11.5 Å². The van der Waals surface area contributed by atoms with Crippen LogP contribution in [0, 0.1) is 5.92 Å². The fraction of sp³-hybridized carbons (Fsp3) is 0.714. The molecule has 0 saturated carbocycles. The van der Waals surface area contributed by atoms with Crippen molar-refractivity contribution in [3.05, 3.63) is 23.8 Å². The zero-order valence-corrected chi connectivity index (χ0v) is 17.6. The molecule has 0 amide bonds. The van der Waals surface area contributed by atoms with Gasteiger partial charge in [0, 0.05) is 45.8 Å². The molecular formula is C21H37N3O3. The highest BCUT2D eigenvalue weighted by atomic mass is 16.5. The van der Waals surface area contributed by atoms with Gasteiger partial charge in [0.05, 0.1) is 7.11 Å². The standard InChI is InChI=1S/C21H37N3O3/c1-17(2)13-23(4)14-18-6-7-20(26-5)21(12-18)27-16-19(25)15-24-10-8-22(3)9-11-24/h6-7,12,17,19,25H,8-11,13-16H2,1-5H3/t19-/m1/s1. The molecule has 0 radical (unpaired) electrons. The Kier molecular flexibility index (Phi) is 8.83. The van der Waals surface area contributed by atoms with E-state index in [-0.39, 0.29) is 6.61 Å². The van der Waals surface area contributed by atoms with Crippen molar-refractivity contribution in [3.8, 4) is 11.5 Å². The van der Waals surface area contributed by atoms with E-state index < -0.39 is 6.10 Å². The summed E-state index contributed by atoms with van der Waals surface area (Å²) >= 11 is 0. The highest BCUT2D eigenvalue weighted by Gasteiger charge is 2.18. The van der Waals surface area contributed by atoms with Gasteiger partial charge in [-0.1, -0.05) is 19.9 Å². The van der Waals surface area contributed by atoms with E-state index in [4.69, 9.17) is 9.47 Å². The average Bonchev–Trinajstić information content (AvgIpc) is 2.61. The summed E-state index contributed by atoms with van der Waals surface area (Å²) in [4.78, 5) is 6.91. The fourth-order valence-electron chi connectivity index (χ4n) is 3.50. The second kappa shape index (κ2) is 10.9. The lowest BCUT2D eigenvalue weighted by Crippen LogP contribution is -2.47. The van der Waals surface area contributed by atoms with Gasteiger partial charge >= 0.3 is 0 Å². The molecule has 1 aliphatic heterocycles. The van der Waals surface area contributed by atoms with Crippen LogP contribution in [0.4, 0.5) is 0 Å². The summed E-state index contributed by atoms with van der Waals surface area (Å²) in [5.41, 5.74) is 1.18. The predicted molar refractivity (Wildman–Crippen MR) is 110 cm³/mol. The number of hydrogen-bond donors (Lipinski definition) is 1. The lowest BCUT2D eigenvalue weighted by molar-refractivity contribution is 0.0497. The number of ether oxygens (including phenoxy) is 2. The van der Waals surface area contributed by atoms with E-state index in [1.807, 2.05) is 12.1 Å². The zero-order chi connectivity index (χ0) is 19.8. The van der Waals surface area contributed by atoms with Crippen molar-refractivity contribution in [3.63, 3.8) is 0 Å². The molecule has 1 aromatic carbocycles. The normalized spacial score (nSPS) is 17.5. The molecule has 1 saturated heterocycles. The Hall–Kier alpha value is -1.34. The third-order valence-electron chi connectivity index (χ3n) is 4.85. The minimum absolute atomic E-state index is 0.272. The molecule has 1 aliphatic rings. The first-order valence-electron chi connectivity index (χ1n) is 9.94. The maximum Gasteiger partial charge on any atom is 0.161 e. The first-order chi connectivity index (χ1) is 12.9. The fourth-order valence-corrected chi connectivity index (χ4v) is 3.50. The van der Waals surface area contributed by atoms with Crippen molar-refractivity contribution in [1.82, 2.24) is 14.7 Å². The molecule has 27 heavy (non-hydrogen) atoms. The topological polar surface area (TPSA) is 48.4 Å². The molecule has 1 atom stereocenters. The summed E-state index contributed by atoms with van der Waals surface area (Å²) in [6.45, 7) is 11.4. The van der Waals surface area contributed by atoms with Crippen LogP contribution in [0.2, 0.25) is 0 Å². The lowest BCUT2D eigenvalue weighted by atomic mass is 10.1. The van der Waals surface area contributed by atoms with Crippen molar-refractivity contribution in [2.45, 2.75) is 26.5 Å². The van der Waals surface area contributed by atoms with E-state index in [9.17, 15) is 5.11 Å². The van der Waals surface area contributed by atoms with Gasteiger partial charge in [-0.15, -0.1) is 0 Å². The number of β-amino-alcohol motifs (C(OH)–C–C–N with tert-alkyl or cyclic N) is 1. The highest BCUT2D eigenvalue weighted by molar-refractivity contribution is 5.43. The van der Waals surface area contributed by atoms with Crippen LogP contribution in [-0.2, 0) is 6.54 Å². The SMILES string of the molecule is COc1ccc(CN(C)CC(C)C)cc1OC[C@H](O)CN1CCN(C)CC1. The predicted octanol–water partition coefficient (Wildman–Crippen LogP) is 1.77. The number of methoxy groups -OCH3 is 1. The molecule has 154 valence electrons. The second-order valence-corrected chi connectivity index (χ2v) is 8.14. The quantitative estimate of drug-likeness (QED) is 0.669. The molecule has 1 N–H and O–H groups in total. The molecule has 6 nitrogen and oxygen atoms in total. The van der Waals surface area contributed by atoms with Crippen molar-refractivity contribution < 1.29 is 14.6 Å². The molecule has 0 unspecified atom stereocenters. The molecule has 0 aromatic heterocycles. The van der Waals surface area contributed by atoms with Crippen molar-refractivity contribution in [2.75, 3.05) is 67.1 Å². The van der Waals surface area contributed by atoms with E-state index in [0.717, 1.165) is 39.3 Å². The van der Waals surface area contributed by atoms with Gasteiger partial charge in [0.15, 0.2) is 11.5 Å². The second-order valence-electron chi connectivity index (χ2n) is 8.14. The third kappa shape index (κ3) is 7.66. The molecular weight excluding hydrogens is 342 g/mol. The van der Waals surface area contributed by atoms with Crippen LogP contribution in [0.15, 0.2) is 18.2 Å². The van der Waals surface area contributed by atoms with E-state index in [0.29, 0.717) is 24.0 Å². The van der Waals surface area contributed by atoms with Crippen LogP contribution >= 0.6 is 0 Å². The van der Waals surface area contributed by atoms with Crippen molar-refractivity contribution >= 4 is 0 Å². The van der Waals surface area contributed by atoms with Crippen molar-refractivity contribution in [2.24, 2.45) is 5.92 Å². The number of benzene rings is 1. The molecule has 1 heterocycles. The van der Waals surface area contributed by atoms with Gasteiger partial charge in [0.25, 0.3) is 0 Å². The molecule has 1 aromatic rings. The van der Waals surface area contributed by atoms with Crippen LogP contribution in [0.1, 0.15) is 19.4 Å². The minimum atomic E-state index is -0.509. The Morgan fingerprint density at radius 2 is 1.85 bits per heavy atom. The number of likely N-dealkylation sites (N-methyl/N-ethyl adjacent to an activating group) is 1. The Bertz CT molecular complexity index is 560. The number of nitrogens with zero attached hydrogens (tertiary/aromatic N) is 3. The Morgan fingerprint density at radius 3 is 2.48 bits per heavy atom. The number of hydrogen-bond acceptors (Lipinski definition) is 6. The number of rotatable bonds is 10. The number of aliphatic hydroxyl groups excluding tert-OH is 1. The van der Waals surface area contributed by atoms with Gasteiger partial charge in [-0.25, -0.2) is 0 Å². The molecule has 0 aliphatic carbocycles. The molecule has 0 spiro atoms. The Balaban J connectivity index is 1.88. The zero-order valence-electron chi connectivity index (χ0n) is 17.6. The average molecular weight is 380 g/mol. The molecule has 0 bridgehead atoms. The van der Waals surface area contributed by atoms with E-state index in [1.165, 1.54) is 5.56 Å². The van der Waals surface area contributed by atoms with Gasteiger partial charge in [-0.05, 0) is 37.7 Å². The first kappa shape index (κ1) is 22.0. The number of aliphatic hydroxyl groups is 1. The third-order valence-corrected chi connectivity index (χ3v) is 4.85. The van der Waals surface area contributed by atoms with Crippen molar-refractivity contribution in [1.29, 1.82) is 0 Å². The maximum atomic E-state index is 10.4. The van der Waals surface area contributed by atoms with Gasteiger partial charge in [0.1, 0.15) is 12.7 Å². The van der Waals surface area contributed by atoms with Gasteiger partial charge in [0.2, 0.25) is 0 Å². The van der Waals surface area contributed by atoms with Crippen LogP contribution in [0.3, 0.4) is 0 Å². The summed E-state index contributed by atoms with van der Waals surface area (Å²) in [6, 6.07) is 6.04. The van der Waals surface area contributed by atoms with Crippen LogP contribution in [-0.4, -0.2) is 93.0 Å². The molecule has 6 heteroatoms. The van der Waals surface area contributed by atoms with E-state index >= 15 is 0 Å². The van der Waals surface area contributed by atoms with Gasteiger partial charge < -0.3 is 24.4 Å². The summed E-state index contributed by atoms with van der Waals surface area (Å²) in [5, 5.41) is 10.4. The molecule has 1 fully saturated rings. The smallest absolute Gasteiger partial charge is 0.161 e. The highest BCUT2D eigenvalue weighted by Crippen LogP contribution is 2.28.